The number of benzene rings is 1. The normalized spacial score (nSPS) is 19.7. The van der Waals surface area contributed by atoms with E-state index in [0.717, 1.165) is 12.2 Å². The first-order chi connectivity index (χ1) is 9.33. The van der Waals surface area contributed by atoms with Gasteiger partial charge in [-0.3, -0.25) is 9.88 Å². The van der Waals surface area contributed by atoms with E-state index in [4.69, 9.17) is 4.98 Å². The zero-order valence-electron chi connectivity index (χ0n) is 11.4. The Morgan fingerprint density at radius 3 is 2.74 bits per heavy atom. The molecule has 2 heterocycles. The lowest BCUT2D eigenvalue weighted by Crippen LogP contribution is -2.23. The maximum absolute atomic E-state index is 4.71. The molecule has 0 unspecified atom stereocenters. The molecular formula is C17H20N2. The first-order valence-corrected chi connectivity index (χ1v) is 7.04. The Hall–Kier alpha value is -1.67. The van der Waals surface area contributed by atoms with Crippen molar-refractivity contribution < 1.29 is 0 Å². The molecule has 3 rings (SSSR count). The van der Waals surface area contributed by atoms with Gasteiger partial charge in [0.2, 0.25) is 0 Å². The summed E-state index contributed by atoms with van der Waals surface area (Å²) in [6.07, 6.45) is 2.50. The summed E-state index contributed by atoms with van der Waals surface area (Å²) in [4.78, 5) is 7.26. The van der Waals surface area contributed by atoms with Crippen molar-refractivity contribution >= 4 is 0 Å². The van der Waals surface area contributed by atoms with Crippen LogP contribution in [0.5, 0.6) is 0 Å². The Morgan fingerprint density at radius 2 is 1.95 bits per heavy atom. The first-order valence-electron chi connectivity index (χ1n) is 7.04. The average molecular weight is 252 g/mol. The zero-order chi connectivity index (χ0) is 13.1. The molecule has 19 heavy (non-hydrogen) atoms. The van der Waals surface area contributed by atoms with Crippen LogP contribution in [0.25, 0.3) is 0 Å². The monoisotopic (exact) mass is 252 g/mol. The fraction of sp³-hybridized carbons (Fsp3) is 0.353. The Morgan fingerprint density at radius 1 is 1.11 bits per heavy atom. The minimum absolute atomic E-state index is 0.486. The molecule has 1 aliphatic heterocycles. The lowest BCUT2D eigenvalue weighted by molar-refractivity contribution is 0.244. The number of aromatic nitrogens is 1. The van der Waals surface area contributed by atoms with Crippen LogP contribution >= 0.6 is 0 Å². The van der Waals surface area contributed by atoms with Gasteiger partial charge in [0.1, 0.15) is 0 Å². The fourth-order valence-electron chi connectivity index (χ4n) is 2.92. The minimum atomic E-state index is 0.486. The SMILES string of the molecule is Cc1cccc([C@@H]2CCCN2Cc2ccccc2)n1. The highest BCUT2D eigenvalue weighted by molar-refractivity contribution is 5.18. The van der Waals surface area contributed by atoms with Gasteiger partial charge in [0.15, 0.2) is 0 Å². The second kappa shape index (κ2) is 5.54. The highest BCUT2D eigenvalue weighted by atomic mass is 15.2. The summed E-state index contributed by atoms with van der Waals surface area (Å²) in [5, 5.41) is 0. The molecule has 0 amide bonds. The molecule has 1 fully saturated rings. The van der Waals surface area contributed by atoms with Gasteiger partial charge in [0.05, 0.1) is 11.7 Å². The standard InChI is InChI=1S/C17H20N2/c1-14-7-5-10-16(18-14)17-11-6-12-19(17)13-15-8-3-2-4-9-15/h2-5,7-10,17H,6,11-13H2,1H3/t17-/m0/s1. The second-order valence-electron chi connectivity index (χ2n) is 5.32. The van der Waals surface area contributed by atoms with Crippen molar-refractivity contribution in [2.24, 2.45) is 0 Å². The van der Waals surface area contributed by atoms with Crippen molar-refractivity contribution in [3.05, 3.63) is 65.5 Å². The van der Waals surface area contributed by atoms with Crippen LogP contribution in [0.1, 0.15) is 35.8 Å². The topological polar surface area (TPSA) is 16.1 Å². The van der Waals surface area contributed by atoms with Gasteiger partial charge in [-0.15, -0.1) is 0 Å². The lowest BCUT2D eigenvalue weighted by Gasteiger charge is -2.24. The molecule has 1 saturated heterocycles. The molecule has 0 radical (unpaired) electrons. The van der Waals surface area contributed by atoms with E-state index >= 15 is 0 Å². The summed E-state index contributed by atoms with van der Waals surface area (Å²) in [5.41, 5.74) is 3.74. The van der Waals surface area contributed by atoms with Crippen LogP contribution in [0.15, 0.2) is 48.5 Å². The summed E-state index contributed by atoms with van der Waals surface area (Å²) < 4.78 is 0. The molecule has 2 heteroatoms. The Balaban J connectivity index is 1.78. The third kappa shape index (κ3) is 2.85. The van der Waals surface area contributed by atoms with E-state index in [1.54, 1.807) is 0 Å². The van der Waals surface area contributed by atoms with Gasteiger partial charge in [0.25, 0.3) is 0 Å². The number of hydrogen-bond acceptors (Lipinski definition) is 2. The number of likely N-dealkylation sites (tertiary alicyclic amines) is 1. The molecule has 1 aromatic heterocycles. The molecule has 0 N–H and O–H groups in total. The van der Waals surface area contributed by atoms with Crippen LogP contribution in [0.2, 0.25) is 0 Å². The van der Waals surface area contributed by atoms with E-state index < -0.39 is 0 Å². The van der Waals surface area contributed by atoms with Crippen LogP contribution in [0.3, 0.4) is 0 Å². The predicted octanol–water partition coefficient (Wildman–Crippen LogP) is 3.73. The third-order valence-corrected chi connectivity index (χ3v) is 3.84. The molecule has 98 valence electrons. The molecule has 1 aliphatic rings. The largest absolute Gasteiger partial charge is 0.291 e. The molecule has 2 nitrogen and oxygen atoms in total. The van der Waals surface area contributed by atoms with Crippen molar-refractivity contribution in [1.29, 1.82) is 0 Å². The Bertz CT molecular complexity index is 536. The van der Waals surface area contributed by atoms with Gasteiger partial charge >= 0.3 is 0 Å². The van der Waals surface area contributed by atoms with Gasteiger partial charge in [-0.05, 0) is 44.0 Å². The quantitative estimate of drug-likeness (QED) is 0.827. The van der Waals surface area contributed by atoms with Crippen molar-refractivity contribution in [3.63, 3.8) is 0 Å². The number of rotatable bonds is 3. The van der Waals surface area contributed by atoms with Crippen LogP contribution in [-0.2, 0) is 6.54 Å². The van der Waals surface area contributed by atoms with Crippen molar-refractivity contribution in [1.82, 2.24) is 9.88 Å². The Kier molecular flexibility index (Phi) is 3.60. The summed E-state index contributed by atoms with van der Waals surface area (Å²) >= 11 is 0. The maximum atomic E-state index is 4.71. The lowest BCUT2D eigenvalue weighted by atomic mass is 10.1. The predicted molar refractivity (Wildman–Crippen MR) is 77.8 cm³/mol. The summed E-state index contributed by atoms with van der Waals surface area (Å²) in [7, 11) is 0. The molecule has 0 spiro atoms. The van der Waals surface area contributed by atoms with Gasteiger partial charge in [0, 0.05) is 12.2 Å². The average Bonchev–Trinajstić information content (AvgIpc) is 2.88. The van der Waals surface area contributed by atoms with Crippen LogP contribution < -0.4 is 0 Å². The fourth-order valence-corrected chi connectivity index (χ4v) is 2.92. The number of pyridine rings is 1. The van der Waals surface area contributed by atoms with Crippen molar-refractivity contribution in [2.45, 2.75) is 32.4 Å². The molecule has 1 atom stereocenters. The molecule has 1 aromatic carbocycles. The van der Waals surface area contributed by atoms with Gasteiger partial charge in [-0.1, -0.05) is 36.4 Å². The molecule has 0 bridgehead atoms. The second-order valence-corrected chi connectivity index (χ2v) is 5.32. The highest BCUT2D eigenvalue weighted by Gasteiger charge is 2.26. The summed E-state index contributed by atoms with van der Waals surface area (Å²) in [6.45, 7) is 4.27. The van der Waals surface area contributed by atoms with Gasteiger partial charge in [-0.2, -0.15) is 0 Å². The van der Waals surface area contributed by atoms with Crippen LogP contribution in [-0.4, -0.2) is 16.4 Å². The number of hydrogen-bond donors (Lipinski definition) is 0. The minimum Gasteiger partial charge on any atom is -0.291 e. The molecule has 0 aliphatic carbocycles. The van der Waals surface area contributed by atoms with Crippen molar-refractivity contribution in [2.75, 3.05) is 6.54 Å². The molecular weight excluding hydrogens is 232 g/mol. The summed E-state index contributed by atoms with van der Waals surface area (Å²) in [5.74, 6) is 0. The van der Waals surface area contributed by atoms with Gasteiger partial charge in [-0.25, -0.2) is 0 Å². The summed E-state index contributed by atoms with van der Waals surface area (Å²) in [6, 6.07) is 17.6. The van der Waals surface area contributed by atoms with E-state index in [1.807, 2.05) is 0 Å². The zero-order valence-corrected chi connectivity index (χ0v) is 11.4. The van der Waals surface area contributed by atoms with Crippen LogP contribution in [0, 0.1) is 6.92 Å². The van der Waals surface area contributed by atoms with E-state index in [1.165, 1.54) is 30.6 Å². The highest BCUT2D eigenvalue weighted by Crippen LogP contribution is 2.32. The van der Waals surface area contributed by atoms with E-state index in [-0.39, 0.29) is 0 Å². The van der Waals surface area contributed by atoms with Gasteiger partial charge < -0.3 is 0 Å². The maximum Gasteiger partial charge on any atom is 0.0578 e. The number of nitrogens with zero attached hydrogens (tertiary/aromatic N) is 2. The van der Waals surface area contributed by atoms with Crippen molar-refractivity contribution in [3.8, 4) is 0 Å². The third-order valence-electron chi connectivity index (χ3n) is 3.84. The smallest absolute Gasteiger partial charge is 0.0578 e. The molecule has 0 saturated carbocycles. The first kappa shape index (κ1) is 12.4. The van der Waals surface area contributed by atoms with Crippen LogP contribution in [0.4, 0.5) is 0 Å². The van der Waals surface area contributed by atoms with E-state index in [2.05, 4.69) is 60.4 Å². The Labute approximate surface area is 115 Å². The molecule has 2 aromatic rings. The van der Waals surface area contributed by atoms with E-state index in [9.17, 15) is 0 Å². The van der Waals surface area contributed by atoms with E-state index in [0.29, 0.717) is 6.04 Å². The number of aryl methyl sites for hydroxylation is 1.